The second-order valence-corrected chi connectivity index (χ2v) is 26.9. The van der Waals surface area contributed by atoms with Crippen LogP contribution in [-0.2, 0) is 32.5 Å². The first kappa shape index (κ1) is 83.7. The van der Waals surface area contributed by atoms with Crippen LogP contribution in [0.2, 0.25) is 0 Å². The average molecular weight is 1270 g/mol. The van der Waals surface area contributed by atoms with Crippen LogP contribution in [0.4, 0.5) is 0 Å². The van der Waals surface area contributed by atoms with Gasteiger partial charge in [-0.05, 0) is 128 Å². The molecule has 94 heavy (non-hydrogen) atoms. The Bertz CT molecular complexity index is 3580. The van der Waals surface area contributed by atoms with Crippen LogP contribution in [0.25, 0.3) is 54.9 Å². The molecule has 0 bridgehead atoms. The van der Waals surface area contributed by atoms with Gasteiger partial charge in [-0.1, -0.05) is 238 Å². The van der Waals surface area contributed by atoms with Gasteiger partial charge in [-0.3, -0.25) is 34.9 Å². The summed E-state index contributed by atoms with van der Waals surface area (Å²) >= 11 is 0. The van der Waals surface area contributed by atoms with Crippen molar-refractivity contribution in [2.45, 2.75) is 240 Å². The van der Waals surface area contributed by atoms with Crippen molar-refractivity contribution in [3.63, 3.8) is 0 Å². The Morgan fingerprint density at radius 3 is 1.27 bits per heavy atom. The highest BCUT2D eigenvalue weighted by Crippen LogP contribution is 2.29. The molecule has 0 fully saturated rings. The number of benzene rings is 1. The number of pyridine rings is 9. The van der Waals surface area contributed by atoms with Crippen LogP contribution >= 0.6 is 0 Å². The predicted octanol–water partition coefficient (Wildman–Crippen LogP) is 23.7. The molecule has 0 saturated carbocycles. The summed E-state index contributed by atoms with van der Waals surface area (Å²) in [5.74, 6) is 0. The monoisotopic (exact) mass is 1270 g/mol. The van der Waals surface area contributed by atoms with E-state index in [-0.39, 0.29) is 32.5 Å². The minimum absolute atomic E-state index is 0.138. The number of imidazole rings is 1. The van der Waals surface area contributed by atoms with Crippen LogP contribution in [-0.4, -0.2) is 53.9 Å². The van der Waals surface area contributed by atoms with E-state index in [0.29, 0.717) is 0 Å². The summed E-state index contributed by atoms with van der Waals surface area (Å²) in [6.07, 6.45) is 24.8. The molecule has 12 aromatic rings. The fraction of sp³-hybridized carbons (Fsp3) is 0.434. The second kappa shape index (κ2) is 40.1. The van der Waals surface area contributed by atoms with E-state index < -0.39 is 0 Å². The highest BCUT2D eigenvalue weighted by molar-refractivity contribution is 5.80. The third-order valence-electron chi connectivity index (χ3n) is 13.9. The molecule has 0 aliphatic carbocycles. The largest absolute Gasteiger partial charge is 0.304 e. The SMILES string of the molecule is CC.CC.CC.CC.CC.CC.CC(C)(C)c1cnc2ccccc2c1.CC(C)(C)c1cnc2ccccn12.CC(C)(C)c1cnc2cccnc2c1.CC(C)(C)c1cnc2ccncc2c1.CC(C)(C)c1cnc2cnccc2c1.CC(C)(C)c1cnn2ccccc12. The first-order chi connectivity index (χ1) is 44.5. The highest BCUT2D eigenvalue weighted by atomic mass is 15.2. The van der Waals surface area contributed by atoms with Crippen molar-refractivity contribution in [2.75, 3.05) is 0 Å². The van der Waals surface area contributed by atoms with E-state index in [0.717, 1.165) is 44.0 Å². The molecule has 11 heterocycles. The Labute approximate surface area is 569 Å². The smallest absolute Gasteiger partial charge is 0.136 e. The second-order valence-electron chi connectivity index (χ2n) is 26.9. The molecule has 11 nitrogen and oxygen atoms in total. The summed E-state index contributed by atoms with van der Waals surface area (Å²) in [4.78, 5) is 34.4. The Hall–Kier alpha value is -8.31. The third-order valence-corrected chi connectivity index (χ3v) is 13.9. The first-order valence-electron chi connectivity index (χ1n) is 34.3. The van der Waals surface area contributed by atoms with E-state index in [4.69, 9.17) is 0 Å². The molecular formula is C83H121N11. The van der Waals surface area contributed by atoms with E-state index >= 15 is 0 Å². The van der Waals surface area contributed by atoms with Crippen molar-refractivity contribution < 1.29 is 0 Å². The molecule has 0 N–H and O–H groups in total. The molecular weight excluding hydrogens is 1150 g/mol. The van der Waals surface area contributed by atoms with Gasteiger partial charge in [0.05, 0.1) is 45.5 Å². The van der Waals surface area contributed by atoms with Crippen molar-refractivity contribution >= 4 is 54.9 Å². The molecule has 0 aliphatic rings. The van der Waals surface area contributed by atoms with E-state index in [1.807, 2.05) is 204 Å². The van der Waals surface area contributed by atoms with Crippen LogP contribution in [0.3, 0.4) is 0 Å². The average Bonchev–Trinajstić information content (AvgIpc) is 1.48. The third kappa shape index (κ3) is 26.2. The topological polar surface area (TPSA) is 125 Å². The molecule has 0 unspecified atom stereocenters. The lowest BCUT2D eigenvalue weighted by Gasteiger charge is -2.18. The summed E-state index contributed by atoms with van der Waals surface area (Å²) in [6, 6.07) is 36.9. The molecule has 0 saturated heterocycles. The van der Waals surface area contributed by atoms with Crippen molar-refractivity contribution in [3.05, 3.63) is 223 Å². The molecule has 11 aromatic heterocycles. The van der Waals surface area contributed by atoms with E-state index in [9.17, 15) is 0 Å². The van der Waals surface area contributed by atoms with Crippen molar-refractivity contribution in [1.82, 2.24) is 53.9 Å². The zero-order valence-corrected chi connectivity index (χ0v) is 63.8. The Morgan fingerprint density at radius 2 is 0.723 bits per heavy atom. The van der Waals surface area contributed by atoms with Gasteiger partial charge in [0.1, 0.15) is 5.65 Å². The molecule has 0 atom stereocenters. The highest BCUT2D eigenvalue weighted by Gasteiger charge is 2.20. The maximum atomic E-state index is 4.45. The summed E-state index contributed by atoms with van der Waals surface area (Å²) in [6.45, 7) is 63.5. The number of hydrogen-bond donors (Lipinski definition) is 0. The zero-order chi connectivity index (χ0) is 71.7. The summed E-state index contributed by atoms with van der Waals surface area (Å²) in [5, 5.41) is 7.79. The van der Waals surface area contributed by atoms with Crippen LogP contribution in [0.1, 0.15) is 241 Å². The Kier molecular flexibility index (Phi) is 35.7. The van der Waals surface area contributed by atoms with Gasteiger partial charge >= 0.3 is 0 Å². The van der Waals surface area contributed by atoms with Gasteiger partial charge in [-0.15, -0.1) is 0 Å². The van der Waals surface area contributed by atoms with Gasteiger partial charge in [0, 0.05) is 101 Å². The van der Waals surface area contributed by atoms with Crippen LogP contribution < -0.4 is 0 Å². The molecule has 508 valence electrons. The lowest BCUT2D eigenvalue weighted by atomic mass is 9.88. The van der Waals surface area contributed by atoms with Crippen molar-refractivity contribution in [2.24, 2.45) is 0 Å². The fourth-order valence-electron chi connectivity index (χ4n) is 8.61. The molecule has 1 aromatic carbocycles. The van der Waals surface area contributed by atoms with E-state index in [1.165, 1.54) is 44.4 Å². The summed E-state index contributed by atoms with van der Waals surface area (Å²) in [5.41, 5.74) is 15.7. The molecule has 0 spiro atoms. The van der Waals surface area contributed by atoms with E-state index in [2.05, 4.69) is 223 Å². The first-order valence-corrected chi connectivity index (χ1v) is 34.3. The maximum Gasteiger partial charge on any atom is 0.136 e. The lowest BCUT2D eigenvalue weighted by molar-refractivity contribution is 0.563. The molecule has 0 aliphatic heterocycles. The number of hydrogen-bond acceptors (Lipinski definition) is 9. The Morgan fingerprint density at radius 1 is 0.287 bits per heavy atom. The molecule has 12 rings (SSSR count). The van der Waals surface area contributed by atoms with Gasteiger partial charge in [-0.25, -0.2) is 9.50 Å². The minimum atomic E-state index is 0.138. The molecule has 0 radical (unpaired) electrons. The number of para-hydroxylation sites is 1. The fourth-order valence-corrected chi connectivity index (χ4v) is 8.61. The van der Waals surface area contributed by atoms with Crippen LogP contribution in [0.5, 0.6) is 0 Å². The number of fused-ring (bicyclic) bond motifs is 6. The molecule has 0 amide bonds. The van der Waals surface area contributed by atoms with Crippen molar-refractivity contribution in [1.29, 1.82) is 0 Å². The van der Waals surface area contributed by atoms with Gasteiger partial charge in [0.2, 0.25) is 0 Å². The van der Waals surface area contributed by atoms with Crippen LogP contribution in [0, 0.1) is 0 Å². The van der Waals surface area contributed by atoms with Gasteiger partial charge in [0.15, 0.2) is 0 Å². The van der Waals surface area contributed by atoms with Gasteiger partial charge in [-0.2, -0.15) is 5.10 Å². The minimum Gasteiger partial charge on any atom is -0.304 e. The number of nitrogens with zero attached hydrogens (tertiary/aromatic N) is 11. The van der Waals surface area contributed by atoms with Crippen molar-refractivity contribution in [3.8, 4) is 0 Å². The van der Waals surface area contributed by atoms with Crippen LogP contribution in [0.15, 0.2) is 190 Å². The summed E-state index contributed by atoms with van der Waals surface area (Å²) in [7, 11) is 0. The quantitative estimate of drug-likeness (QED) is 0.146. The molecule has 11 heteroatoms. The van der Waals surface area contributed by atoms with Gasteiger partial charge < -0.3 is 4.40 Å². The standard InChI is InChI=1S/C13H15N.3C12H14N2.2C11H14N2.6C2H6/c1-13(2,3)11-8-10-6-4-5-7-12(10)14-9-11;1-12(2,3)10-6-9-7-13-5-4-11(9)14-8-10;1-12(2,3)10-6-9-4-5-13-8-11(9)14-7-10;1-12(2,3)9-7-11-10(14-8-9)5-4-6-13-11;1-11(2,3)9-8-12-10-6-4-5-7-13(9)10;1-11(2,3)9-8-12-13-7-5-4-6-10(9)13;6*1-2/h4-9H,1-3H3;3*4-8H,1-3H3;2*4-8H,1-3H3;6*1-2H3. The predicted molar refractivity (Wildman–Crippen MR) is 411 cm³/mol. The van der Waals surface area contributed by atoms with E-state index in [1.54, 1.807) is 24.8 Å². The Balaban J connectivity index is 0.000000546. The number of rotatable bonds is 0. The maximum absolute atomic E-state index is 4.45. The summed E-state index contributed by atoms with van der Waals surface area (Å²) < 4.78 is 4.06. The van der Waals surface area contributed by atoms with Gasteiger partial charge in [0.25, 0.3) is 0 Å². The normalized spacial score (nSPS) is 10.9. The zero-order valence-electron chi connectivity index (χ0n) is 63.8. The lowest BCUT2D eigenvalue weighted by Crippen LogP contribution is -2.13. The number of aromatic nitrogens is 11.